The Bertz CT molecular complexity index is 938. The summed E-state index contributed by atoms with van der Waals surface area (Å²) in [6.07, 6.45) is 9.89. The van der Waals surface area contributed by atoms with Gasteiger partial charge in [0.1, 0.15) is 5.75 Å². The van der Waals surface area contributed by atoms with Crippen molar-refractivity contribution in [1.29, 1.82) is 0 Å². The van der Waals surface area contributed by atoms with E-state index < -0.39 is 5.97 Å². The average Bonchev–Trinajstić information content (AvgIpc) is 2.70. The molecule has 0 atom stereocenters. The van der Waals surface area contributed by atoms with E-state index in [2.05, 4.69) is 85.8 Å². The Labute approximate surface area is 195 Å². The molecule has 1 aromatic carbocycles. The van der Waals surface area contributed by atoms with Crippen LogP contribution in [0.5, 0.6) is 5.75 Å². The van der Waals surface area contributed by atoms with Gasteiger partial charge in [0.15, 0.2) is 0 Å². The SMILES string of the molecule is COc1cc(C)c(/C=C/C(C)=C/C=C(CC(C)C)/C(C)=C(\CC(C)C)C(=O)O)c(C)c1C. The van der Waals surface area contributed by atoms with Gasteiger partial charge < -0.3 is 9.84 Å². The van der Waals surface area contributed by atoms with Gasteiger partial charge in [-0.05, 0) is 98.8 Å². The summed E-state index contributed by atoms with van der Waals surface area (Å²) in [5, 5.41) is 9.75. The highest BCUT2D eigenvalue weighted by Gasteiger charge is 2.16. The number of hydrogen-bond acceptors (Lipinski definition) is 2. The number of ether oxygens (including phenoxy) is 1. The molecule has 0 aliphatic carbocycles. The van der Waals surface area contributed by atoms with E-state index in [0.717, 1.165) is 34.5 Å². The van der Waals surface area contributed by atoms with Gasteiger partial charge >= 0.3 is 5.97 Å². The highest BCUT2D eigenvalue weighted by atomic mass is 16.5. The van der Waals surface area contributed by atoms with Crippen LogP contribution in [0.15, 0.2) is 46.6 Å². The van der Waals surface area contributed by atoms with Crippen molar-refractivity contribution in [3.63, 3.8) is 0 Å². The lowest BCUT2D eigenvalue weighted by molar-refractivity contribution is -0.133. The lowest BCUT2D eigenvalue weighted by Gasteiger charge is -2.16. The largest absolute Gasteiger partial charge is 0.496 e. The molecular formula is C29H42O3. The highest BCUT2D eigenvalue weighted by molar-refractivity contribution is 5.88. The van der Waals surface area contributed by atoms with Gasteiger partial charge in [0, 0.05) is 5.57 Å². The molecule has 3 nitrogen and oxygen atoms in total. The number of methoxy groups -OCH3 is 1. The number of carboxylic acid groups (broad SMARTS) is 1. The summed E-state index contributed by atoms with van der Waals surface area (Å²) in [5.74, 6) is 0.856. The first-order chi connectivity index (χ1) is 14.9. The maximum atomic E-state index is 11.9. The fourth-order valence-electron chi connectivity index (χ4n) is 3.82. The molecule has 1 aromatic rings. The molecule has 0 saturated carbocycles. The Morgan fingerprint density at radius 3 is 2.09 bits per heavy atom. The molecule has 0 spiro atoms. The van der Waals surface area contributed by atoms with Crippen LogP contribution < -0.4 is 4.74 Å². The molecule has 0 saturated heterocycles. The van der Waals surface area contributed by atoms with Crippen LogP contribution in [0.2, 0.25) is 0 Å². The second-order valence-corrected chi connectivity index (χ2v) is 9.60. The van der Waals surface area contributed by atoms with Gasteiger partial charge in [-0.25, -0.2) is 4.79 Å². The Morgan fingerprint density at radius 1 is 1.00 bits per heavy atom. The number of aryl methyl sites for hydroxylation is 1. The molecule has 0 aliphatic heterocycles. The second kappa shape index (κ2) is 12.5. The van der Waals surface area contributed by atoms with E-state index in [0.29, 0.717) is 23.8 Å². The van der Waals surface area contributed by atoms with Crippen molar-refractivity contribution in [1.82, 2.24) is 0 Å². The monoisotopic (exact) mass is 438 g/mol. The van der Waals surface area contributed by atoms with Gasteiger partial charge in [0.25, 0.3) is 0 Å². The van der Waals surface area contributed by atoms with Gasteiger partial charge in [-0.15, -0.1) is 0 Å². The van der Waals surface area contributed by atoms with Crippen molar-refractivity contribution in [3.05, 3.63) is 68.8 Å². The summed E-state index contributed by atoms with van der Waals surface area (Å²) in [6, 6.07) is 2.08. The first kappa shape index (κ1) is 27.5. The predicted molar refractivity (Wildman–Crippen MR) is 137 cm³/mol. The molecule has 0 aromatic heterocycles. The number of carbonyl (C=O) groups is 1. The molecule has 0 amide bonds. The molecule has 0 bridgehead atoms. The van der Waals surface area contributed by atoms with Gasteiger partial charge in [-0.3, -0.25) is 0 Å². The quantitative estimate of drug-likeness (QED) is 0.297. The number of rotatable bonds is 10. The molecule has 0 aliphatic rings. The summed E-state index contributed by atoms with van der Waals surface area (Å²) in [6.45, 7) is 18.8. The van der Waals surface area contributed by atoms with Crippen LogP contribution in [0.4, 0.5) is 0 Å². The number of carboxylic acids is 1. The standard InChI is InChI=1S/C29H42O3/c1-18(2)15-25(24(9)27(29(30)31)16-19(3)4)13-11-20(5)12-14-26-21(6)17-28(32-10)23(8)22(26)7/h11-14,17-19H,15-16H2,1-10H3,(H,30,31)/b14-12+,20-11+,25-13+,27-24+. The summed E-state index contributed by atoms with van der Waals surface area (Å²) in [4.78, 5) is 11.9. The maximum absolute atomic E-state index is 11.9. The van der Waals surface area contributed by atoms with Crippen LogP contribution in [0, 0.1) is 32.6 Å². The minimum atomic E-state index is -0.813. The Morgan fingerprint density at radius 2 is 1.59 bits per heavy atom. The van der Waals surface area contributed by atoms with E-state index >= 15 is 0 Å². The molecule has 32 heavy (non-hydrogen) atoms. The van der Waals surface area contributed by atoms with Crippen molar-refractivity contribution in [2.24, 2.45) is 11.8 Å². The number of benzene rings is 1. The van der Waals surface area contributed by atoms with E-state index in [9.17, 15) is 9.90 Å². The number of hydrogen-bond donors (Lipinski definition) is 1. The normalized spacial score (nSPS) is 13.9. The molecule has 0 radical (unpaired) electrons. The van der Waals surface area contributed by atoms with Crippen molar-refractivity contribution in [2.75, 3.05) is 7.11 Å². The number of allylic oxidation sites excluding steroid dienone is 6. The van der Waals surface area contributed by atoms with Crippen molar-refractivity contribution >= 4 is 12.0 Å². The minimum Gasteiger partial charge on any atom is -0.496 e. The summed E-state index contributed by atoms with van der Waals surface area (Å²) in [5.41, 5.74) is 8.41. The predicted octanol–water partition coefficient (Wildman–Crippen LogP) is 8.00. The lowest BCUT2D eigenvalue weighted by atomic mass is 9.90. The second-order valence-electron chi connectivity index (χ2n) is 9.60. The molecule has 1 N–H and O–H groups in total. The summed E-state index contributed by atoms with van der Waals surface area (Å²) >= 11 is 0. The molecule has 0 fully saturated rings. The average molecular weight is 439 g/mol. The molecular weight excluding hydrogens is 396 g/mol. The third-order valence-electron chi connectivity index (χ3n) is 5.82. The van der Waals surface area contributed by atoms with Crippen molar-refractivity contribution in [2.45, 2.75) is 75.2 Å². The molecule has 3 heteroatoms. The zero-order chi connectivity index (χ0) is 24.6. The van der Waals surface area contributed by atoms with E-state index in [1.54, 1.807) is 7.11 Å². The molecule has 176 valence electrons. The zero-order valence-corrected chi connectivity index (χ0v) is 21.7. The van der Waals surface area contributed by atoms with Crippen LogP contribution in [0.1, 0.15) is 76.6 Å². The maximum Gasteiger partial charge on any atom is 0.331 e. The van der Waals surface area contributed by atoms with Gasteiger partial charge in [-0.2, -0.15) is 0 Å². The van der Waals surface area contributed by atoms with Crippen molar-refractivity contribution in [3.8, 4) is 5.75 Å². The molecule has 1 rings (SSSR count). The van der Waals surface area contributed by atoms with Crippen LogP contribution in [-0.2, 0) is 4.79 Å². The minimum absolute atomic E-state index is 0.302. The molecule has 0 heterocycles. The zero-order valence-electron chi connectivity index (χ0n) is 21.7. The Balaban J connectivity index is 3.35. The van der Waals surface area contributed by atoms with E-state index in [1.807, 2.05) is 6.92 Å². The van der Waals surface area contributed by atoms with Crippen LogP contribution in [0.3, 0.4) is 0 Å². The van der Waals surface area contributed by atoms with E-state index in [1.165, 1.54) is 16.7 Å². The fourth-order valence-corrected chi connectivity index (χ4v) is 3.82. The van der Waals surface area contributed by atoms with Gasteiger partial charge in [0.05, 0.1) is 7.11 Å². The third-order valence-corrected chi connectivity index (χ3v) is 5.82. The summed E-state index contributed by atoms with van der Waals surface area (Å²) in [7, 11) is 1.71. The van der Waals surface area contributed by atoms with E-state index in [4.69, 9.17) is 4.74 Å². The number of aliphatic carboxylic acids is 1. The van der Waals surface area contributed by atoms with Crippen LogP contribution in [0.25, 0.3) is 6.08 Å². The lowest BCUT2D eigenvalue weighted by Crippen LogP contribution is -2.08. The first-order valence-corrected chi connectivity index (χ1v) is 11.5. The van der Waals surface area contributed by atoms with Crippen LogP contribution in [-0.4, -0.2) is 18.2 Å². The Kier molecular flexibility index (Phi) is 10.7. The topological polar surface area (TPSA) is 46.5 Å². The fraction of sp³-hybridized carbons (Fsp3) is 0.483. The van der Waals surface area contributed by atoms with E-state index in [-0.39, 0.29) is 0 Å². The first-order valence-electron chi connectivity index (χ1n) is 11.5. The van der Waals surface area contributed by atoms with Gasteiger partial charge in [-0.1, -0.05) is 57.6 Å². The molecule has 0 unspecified atom stereocenters. The summed E-state index contributed by atoms with van der Waals surface area (Å²) < 4.78 is 5.48. The van der Waals surface area contributed by atoms with Gasteiger partial charge in [0.2, 0.25) is 0 Å². The third kappa shape index (κ3) is 7.85. The Hall–Kier alpha value is -2.55. The highest BCUT2D eigenvalue weighted by Crippen LogP contribution is 2.29. The van der Waals surface area contributed by atoms with Crippen LogP contribution >= 0.6 is 0 Å². The smallest absolute Gasteiger partial charge is 0.331 e. The van der Waals surface area contributed by atoms with Crippen molar-refractivity contribution < 1.29 is 14.6 Å².